The van der Waals surface area contributed by atoms with Crippen LogP contribution in [0.5, 0.6) is 0 Å². The number of carbonyl (C=O) groups is 1. The van der Waals surface area contributed by atoms with Crippen molar-refractivity contribution in [2.24, 2.45) is 0 Å². The molecule has 9 heteroatoms. The van der Waals surface area contributed by atoms with E-state index in [1.54, 1.807) is 16.7 Å². The number of carbonyl (C=O) groups excluding carboxylic acids is 1. The Balaban J connectivity index is 1.29. The molecule has 0 spiro atoms. The van der Waals surface area contributed by atoms with E-state index in [2.05, 4.69) is 4.98 Å². The zero-order chi connectivity index (χ0) is 23.4. The zero-order valence-corrected chi connectivity index (χ0v) is 19.1. The third kappa shape index (κ3) is 6.00. The Hall–Kier alpha value is -2.71. The molecule has 1 fully saturated rings. The number of thioether (sulfide) groups is 1. The number of halogens is 4. The monoisotopic (exact) mass is 491 g/mol. The number of alkyl halides is 3. The highest BCUT2D eigenvalue weighted by Gasteiger charge is 2.31. The lowest BCUT2D eigenvalue weighted by Crippen LogP contribution is -2.49. The molecule has 0 aliphatic carbocycles. The lowest BCUT2D eigenvalue weighted by Gasteiger charge is -2.35. The molecule has 4 nitrogen and oxygen atoms in total. The molecule has 4 rings (SSSR count). The highest BCUT2D eigenvalue weighted by molar-refractivity contribution is 7.98. The van der Waals surface area contributed by atoms with Crippen LogP contribution >= 0.6 is 23.4 Å². The summed E-state index contributed by atoms with van der Waals surface area (Å²) in [6.07, 6.45) is -3.56. The summed E-state index contributed by atoms with van der Waals surface area (Å²) in [5, 5.41) is 0.707. The van der Waals surface area contributed by atoms with Crippen LogP contribution in [0.2, 0.25) is 5.02 Å². The van der Waals surface area contributed by atoms with E-state index in [0.717, 1.165) is 28.5 Å². The number of nitrogens with zero attached hydrogens (tertiary/aromatic N) is 3. The van der Waals surface area contributed by atoms with Crippen LogP contribution in [0, 0.1) is 0 Å². The number of rotatable bonds is 5. The van der Waals surface area contributed by atoms with Crippen molar-refractivity contribution in [2.45, 2.75) is 16.8 Å². The fourth-order valence-electron chi connectivity index (χ4n) is 3.50. The van der Waals surface area contributed by atoms with E-state index in [1.165, 1.54) is 6.07 Å². The highest BCUT2D eigenvalue weighted by Crippen LogP contribution is 2.29. The van der Waals surface area contributed by atoms with Crippen LogP contribution in [0.3, 0.4) is 0 Å². The summed E-state index contributed by atoms with van der Waals surface area (Å²) in [5.74, 6) is 1.22. The van der Waals surface area contributed by atoms with Crippen LogP contribution in [-0.4, -0.2) is 42.0 Å². The molecule has 1 aliphatic heterocycles. The lowest BCUT2D eigenvalue weighted by atomic mass is 10.1. The maximum atomic E-state index is 12.9. The number of aromatic nitrogens is 1. The maximum absolute atomic E-state index is 12.9. The summed E-state index contributed by atoms with van der Waals surface area (Å²) in [6, 6.07) is 17.7. The molecule has 33 heavy (non-hydrogen) atoms. The van der Waals surface area contributed by atoms with Gasteiger partial charge < -0.3 is 9.80 Å². The van der Waals surface area contributed by atoms with Crippen molar-refractivity contribution in [1.82, 2.24) is 9.88 Å². The third-order valence-electron chi connectivity index (χ3n) is 5.39. The molecular weight excluding hydrogens is 471 g/mol. The summed E-state index contributed by atoms with van der Waals surface area (Å²) >= 11 is 7.61. The molecule has 0 N–H and O–H groups in total. The average molecular weight is 492 g/mol. The Morgan fingerprint density at radius 1 is 0.939 bits per heavy atom. The van der Waals surface area contributed by atoms with Crippen molar-refractivity contribution in [1.29, 1.82) is 0 Å². The van der Waals surface area contributed by atoms with E-state index in [1.807, 2.05) is 53.4 Å². The molecule has 0 radical (unpaired) electrons. The predicted molar refractivity (Wildman–Crippen MR) is 125 cm³/mol. The van der Waals surface area contributed by atoms with Gasteiger partial charge in [0.25, 0.3) is 5.91 Å². The Morgan fingerprint density at radius 2 is 1.61 bits per heavy atom. The average Bonchev–Trinajstić information content (AvgIpc) is 2.83. The molecular formula is C24H21ClF3N3OS. The topological polar surface area (TPSA) is 36.4 Å². The number of anilines is 1. The second-order valence-corrected chi connectivity index (χ2v) is 9.11. The molecule has 1 aromatic heterocycles. The van der Waals surface area contributed by atoms with E-state index in [9.17, 15) is 18.0 Å². The molecule has 0 bridgehead atoms. The first-order chi connectivity index (χ1) is 15.8. The van der Waals surface area contributed by atoms with Gasteiger partial charge in [0.05, 0.1) is 5.56 Å². The molecule has 1 saturated heterocycles. The summed E-state index contributed by atoms with van der Waals surface area (Å²) < 4.78 is 38.2. The Labute approximate surface area is 199 Å². The van der Waals surface area contributed by atoms with Gasteiger partial charge in [-0.15, -0.1) is 11.8 Å². The Bertz CT molecular complexity index is 1080. The van der Waals surface area contributed by atoms with Crippen molar-refractivity contribution >= 4 is 35.1 Å². The van der Waals surface area contributed by atoms with Crippen LogP contribution in [0.15, 0.2) is 71.8 Å². The van der Waals surface area contributed by atoms with Gasteiger partial charge in [-0.1, -0.05) is 23.7 Å². The van der Waals surface area contributed by atoms with Crippen LogP contribution in [-0.2, 0) is 11.9 Å². The van der Waals surface area contributed by atoms with E-state index < -0.39 is 11.7 Å². The van der Waals surface area contributed by atoms with E-state index >= 15 is 0 Å². The van der Waals surface area contributed by atoms with Crippen LogP contribution in [0.4, 0.5) is 19.0 Å². The van der Waals surface area contributed by atoms with Gasteiger partial charge >= 0.3 is 6.18 Å². The third-order valence-corrected chi connectivity index (χ3v) is 6.72. The van der Waals surface area contributed by atoms with Crippen molar-refractivity contribution in [2.75, 3.05) is 31.1 Å². The zero-order valence-electron chi connectivity index (χ0n) is 17.6. The minimum atomic E-state index is -4.40. The summed E-state index contributed by atoms with van der Waals surface area (Å²) in [5.41, 5.74) is 0.969. The standard InChI is InChI=1S/C24H21ClF3N3OS/c25-20-6-8-21(9-7-20)33-16-17-1-3-18(4-2-17)23(32)31-13-11-30(12-14-31)22-10-5-19(15-29-22)24(26,27)28/h1-10,15H,11-14,16H2. The van der Waals surface area contributed by atoms with Crippen molar-refractivity contribution < 1.29 is 18.0 Å². The molecule has 1 amide bonds. The summed E-state index contributed by atoms with van der Waals surface area (Å²) in [7, 11) is 0. The minimum absolute atomic E-state index is 0.0491. The number of amides is 1. The molecule has 3 aromatic rings. The fourth-order valence-corrected chi connectivity index (χ4v) is 4.48. The minimum Gasteiger partial charge on any atom is -0.353 e. The second kappa shape index (κ2) is 10.1. The second-order valence-electron chi connectivity index (χ2n) is 7.62. The van der Waals surface area contributed by atoms with Crippen LogP contribution < -0.4 is 4.90 Å². The quantitative estimate of drug-likeness (QED) is 0.410. The molecule has 2 heterocycles. The van der Waals surface area contributed by atoms with Crippen molar-refractivity contribution in [3.63, 3.8) is 0 Å². The molecule has 0 unspecified atom stereocenters. The van der Waals surface area contributed by atoms with Gasteiger partial charge in [-0.2, -0.15) is 13.2 Å². The number of hydrogen-bond donors (Lipinski definition) is 0. The molecule has 1 aliphatic rings. The molecule has 2 aromatic carbocycles. The van der Waals surface area contributed by atoms with E-state index in [4.69, 9.17) is 11.6 Å². The number of hydrogen-bond acceptors (Lipinski definition) is 4. The molecule has 0 saturated carbocycles. The molecule has 0 atom stereocenters. The van der Waals surface area contributed by atoms with Gasteiger partial charge in [0, 0.05) is 53.6 Å². The normalized spacial score (nSPS) is 14.4. The van der Waals surface area contributed by atoms with E-state index in [0.29, 0.717) is 42.6 Å². The first kappa shape index (κ1) is 23.4. The Kier molecular flexibility index (Phi) is 7.14. The summed E-state index contributed by atoms with van der Waals surface area (Å²) in [4.78, 5) is 21.6. The van der Waals surface area contributed by atoms with Gasteiger partial charge in [0.1, 0.15) is 5.82 Å². The first-order valence-electron chi connectivity index (χ1n) is 10.3. The SMILES string of the molecule is O=C(c1ccc(CSc2ccc(Cl)cc2)cc1)N1CCN(c2ccc(C(F)(F)F)cn2)CC1. The molecule has 172 valence electrons. The number of piperazine rings is 1. The predicted octanol–water partition coefficient (Wildman–Crippen LogP) is 6.01. The van der Waals surface area contributed by atoms with Crippen molar-refractivity contribution in [3.05, 3.63) is 88.6 Å². The van der Waals surface area contributed by atoms with E-state index in [-0.39, 0.29) is 5.91 Å². The van der Waals surface area contributed by atoms with Crippen LogP contribution in [0.1, 0.15) is 21.5 Å². The lowest BCUT2D eigenvalue weighted by molar-refractivity contribution is -0.137. The first-order valence-corrected chi connectivity index (χ1v) is 11.7. The van der Waals surface area contributed by atoms with Gasteiger partial charge in [0.15, 0.2) is 0 Å². The van der Waals surface area contributed by atoms with Gasteiger partial charge in [-0.3, -0.25) is 4.79 Å². The Morgan fingerprint density at radius 3 is 2.18 bits per heavy atom. The smallest absolute Gasteiger partial charge is 0.353 e. The largest absolute Gasteiger partial charge is 0.417 e. The van der Waals surface area contributed by atoms with Gasteiger partial charge in [-0.05, 0) is 54.1 Å². The number of pyridine rings is 1. The highest BCUT2D eigenvalue weighted by atomic mass is 35.5. The number of benzene rings is 2. The van der Waals surface area contributed by atoms with Crippen LogP contribution in [0.25, 0.3) is 0 Å². The van der Waals surface area contributed by atoms with Crippen molar-refractivity contribution in [3.8, 4) is 0 Å². The summed E-state index contributed by atoms with van der Waals surface area (Å²) in [6.45, 7) is 1.99. The maximum Gasteiger partial charge on any atom is 0.417 e. The van der Waals surface area contributed by atoms with Gasteiger partial charge in [0.2, 0.25) is 0 Å². The van der Waals surface area contributed by atoms with Gasteiger partial charge in [-0.25, -0.2) is 4.98 Å². The fraction of sp³-hybridized carbons (Fsp3) is 0.250.